The Labute approximate surface area is 145 Å². The second kappa shape index (κ2) is 7.64. The second-order valence-electron chi connectivity index (χ2n) is 5.69. The van der Waals surface area contributed by atoms with Crippen LogP contribution in [0.5, 0.6) is 5.75 Å². The minimum absolute atomic E-state index is 0.342. The maximum atomic E-state index is 11.9. The van der Waals surface area contributed by atoms with Gasteiger partial charge in [0.15, 0.2) is 5.60 Å². The van der Waals surface area contributed by atoms with Gasteiger partial charge in [-0.05, 0) is 49.6 Å². The smallest absolute Gasteiger partial charge is 0.349 e. The Balaban J connectivity index is 2.11. The van der Waals surface area contributed by atoms with Crippen molar-refractivity contribution < 1.29 is 14.3 Å². The Morgan fingerprint density at radius 1 is 1.00 bits per heavy atom. The van der Waals surface area contributed by atoms with E-state index in [0.717, 1.165) is 16.5 Å². The van der Waals surface area contributed by atoms with E-state index in [1.807, 2.05) is 24.3 Å². The Morgan fingerprint density at radius 3 is 2.00 bits per heavy atom. The van der Waals surface area contributed by atoms with Crippen molar-refractivity contribution in [1.29, 1.82) is 0 Å². The molecule has 122 valence electrons. The van der Waals surface area contributed by atoms with Crippen LogP contribution in [0.1, 0.15) is 26.3 Å². The molecule has 0 aliphatic heterocycles. The molecule has 2 aromatic carbocycles. The topological polar surface area (TPSA) is 35.5 Å². The summed E-state index contributed by atoms with van der Waals surface area (Å²) in [5.41, 5.74) is 2.48. The minimum atomic E-state index is -1.00. The van der Waals surface area contributed by atoms with Crippen molar-refractivity contribution in [3.05, 3.63) is 54.1 Å². The molecule has 0 radical (unpaired) electrons. The lowest BCUT2D eigenvalue weighted by atomic mass is 10.0. The molecule has 0 aliphatic rings. The van der Waals surface area contributed by atoms with E-state index in [4.69, 9.17) is 9.47 Å². The maximum Gasteiger partial charge on any atom is 0.349 e. The molecular formula is C19H21BrO3. The Morgan fingerprint density at radius 2 is 1.52 bits per heavy atom. The zero-order valence-corrected chi connectivity index (χ0v) is 15.2. The van der Waals surface area contributed by atoms with E-state index in [1.54, 1.807) is 20.8 Å². The van der Waals surface area contributed by atoms with Crippen molar-refractivity contribution in [1.82, 2.24) is 0 Å². The zero-order valence-electron chi connectivity index (χ0n) is 13.6. The molecule has 0 saturated heterocycles. The standard InChI is InChI=1S/C19H21BrO3/c1-4-22-18(21)19(2,3)23-17-11-9-16(10-12-17)15-7-5-14(13-20)6-8-15/h5-12H,4,13H2,1-3H3. The third-order valence-electron chi connectivity index (χ3n) is 3.44. The third-order valence-corrected chi connectivity index (χ3v) is 4.08. The summed E-state index contributed by atoms with van der Waals surface area (Å²) in [6.45, 7) is 5.54. The van der Waals surface area contributed by atoms with Crippen LogP contribution >= 0.6 is 15.9 Å². The van der Waals surface area contributed by atoms with Gasteiger partial charge in [0.05, 0.1) is 6.61 Å². The number of hydrogen-bond donors (Lipinski definition) is 0. The van der Waals surface area contributed by atoms with E-state index >= 15 is 0 Å². The van der Waals surface area contributed by atoms with Crippen molar-refractivity contribution in [3.8, 4) is 16.9 Å². The highest BCUT2D eigenvalue weighted by Crippen LogP contribution is 2.25. The SMILES string of the molecule is CCOC(=O)C(C)(C)Oc1ccc(-c2ccc(CBr)cc2)cc1. The van der Waals surface area contributed by atoms with E-state index in [1.165, 1.54) is 5.56 Å². The van der Waals surface area contributed by atoms with Gasteiger partial charge >= 0.3 is 5.97 Å². The molecular weight excluding hydrogens is 356 g/mol. The molecule has 0 amide bonds. The van der Waals surface area contributed by atoms with Gasteiger partial charge in [0.25, 0.3) is 0 Å². The molecule has 0 aliphatic carbocycles. The highest BCUT2D eigenvalue weighted by atomic mass is 79.9. The number of rotatable bonds is 6. The summed E-state index contributed by atoms with van der Waals surface area (Å²) in [7, 11) is 0. The molecule has 0 aromatic heterocycles. The highest BCUT2D eigenvalue weighted by Gasteiger charge is 2.31. The summed E-state index contributed by atoms with van der Waals surface area (Å²) in [6, 6.07) is 16.1. The van der Waals surface area contributed by atoms with Crippen LogP contribution in [-0.4, -0.2) is 18.2 Å². The van der Waals surface area contributed by atoms with Gasteiger partial charge in [-0.1, -0.05) is 52.3 Å². The molecule has 2 rings (SSSR count). The molecule has 2 aromatic rings. The summed E-state index contributed by atoms with van der Waals surface area (Å²) in [6.07, 6.45) is 0. The first kappa shape index (κ1) is 17.5. The highest BCUT2D eigenvalue weighted by molar-refractivity contribution is 9.08. The van der Waals surface area contributed by atoms with E-state index < -0.39 is 5.60 Å². The van der Waals surface area contributed by atoms with E-state index in [2.05, 4.69) is 40.2 Å². The molecule has 0 heterocycles. The van der Waals surface area contributed by atoms with Crippen LogP contribution in [0, 0.1) is 0 Å². The Hall–Kier alpha value is -1.81. The first-order valence-corrected chi connectivity index (χ1v) is 8.70. The third kappa shape index (κ3) is 4.58. The quantitative estimate of drug-likeness (QED) is 0.527. The van der Waals surface area contributed by atoms with Gasteiger partial charge in [0, 0.05) is 5.33 Å². The summed E-state index contributed by atoms with van der Waals surface area (Å²) in [4.78, 5) is 11.9. The molecule has 0 spiro atoms. The van der Waals surface area contributed by atoms with Crippen LogP contribution < -0.4 is 4.74 Å². The van der Waals surface area contributed by atoms with Crippen LogP contribution in [-0.2, 0) is 14.9 Å². The summed E-state index contributed by atoms with van der Waals surface area (Å²) in [5, 5.41) is 0.850. The van der Waals surface area contributed by atoms with Crippen molar-refractivity contribution in [3.63, 3.8) is 0 Å². The molecule has 3 nitrogen and oxygen atoms in total. The number of halogens is 1. The van der Waals surface area contributed by atoms with Crippen LogP contribution in [0.3, 0.4) is 0 Å². The van der Waals surface area contributed by atoms with Gasteiger partial charge in [-0.15, -0.1) is 0 Å². The average Bonchev–Trinajstić information content (AvgIpc) is 2.55. The van der Waals surface area contributed by atoms with Crippen molar-refractivity contribution in [2.24, 2.45) is 0 Å². The Kier molecular flexibility index (Phi) is 5.83. The van der Waals surface area contributed by atoms with Gasteiger partial charge in [-0.3, -0.25) is 0 Å². The number of hydrogen-bond acceptors (Lipinski definition) is 3. The number of alkyl halides is 1. The molecule has 0 atom stereocenters. The lowest BCUT2D eigenvalue weighted by molar-refractivity contribution is -0.158. The predicted molar refractivity (Wildman–Crippen MR) is 95.8 cm³/mol. The average molecular weight is 377 g/mol. The number of carbonyl (C=O) groups excluding carboxylic acids is 1. The number of benzene rings is 2. The Bertz CT molecular complexity index is 645. The summed E-state index contributed by atoms with van der Waals surface area (Å²) in [5.74, 6) is 0.276. The second-order valence-corrected chi connectivity index (χ2v) is 6.25. The van der Waals surface area contributed by atoms with Crippen LogP contribution in [0.2, 0.25) is 0 Å². The van der Waals surface area contributed by atoms with Crippen LogP contribution in [0.15, 0.2) is 48.5 Å². The van der Waals surface area contributed by atoms with Crippen LogP contribution in [0.25, 0.3) is 11.1 Å². The fourth-order valence-electron chi connectivity index (χ4n) is 2.14. The fourth-order valence-corrected chi connectivity index (χ4v) is 2.52. The molecule has 0 fully saturated rings. The fraction of sp³-hybridized carbons (Fsp3) is 0.316. The summed E-state index contributed by atoms with van der Waals surface area (Å²) >= 11 is 3.44. The van der Waals surface area contributed by atoms with Gasteiger partial charge in [0.2, 0.25) is 0 Å². The zero-order chi connectivity index (χ0) is 16.9. The maximum absolute atomic E-state index is 11.9. The van der Waals surface area contributed by atoms with Gasteiger partial charge < -0.3 is 9.47 Å². The number of carbonyl (C=O) groups is 1. The molecule has 0 N–H and O–H groups in total. The normalized spacial score (nSPS) is 11.1. The predicted octanol–water partition coefficient (Wildman–Crippen LogP) is 4.97. The van der Waals surface area contributed by atoms with Crippen molar-refractivity contribution in [2.45, 2.75) is 31.7 Å². The van der Waals surface area contributed by atoms with Crippen molar-refractivity contribution >= 4 is 21.9 Å². The first-order chi connectivity index (χ1) is 11.0. The molecule has 0 saturated carbocycles. The monoisotopic (exact) mass is 376 g/mol. The lowest BCUT2D eigenvalue weighted by Crippen LogP contribution is -2.39. The van der Waals surface area contributed by atoms with E-state index in [-0.39, 0.29) is 5.97 Å². The molecule has 23 heavy (non-hydrogen) atoms. The first-order valence-electron chi connectivity index (χ1n) is 7.58. The minimum Gasteiger partial charge on any atom is -0.476 e. The number of esters is 1. The van der Waals surface area contributed by atoms with E-state index in [9.17, 15) is 4.79 Å². The molecule has 0 unspecified atom stereocenters. The largest absolute Gasteiger partial charge is 0.476 e. The lowest BCUT2D eigenvalue weighted by Gasteiger charge is -2.24. The summed E-state index contributed by atoms with van der Waals surface area (Å²) < 4.78 is 10.8. The van der Waals surface area contributed by atoms with Gasteiger partial charge in [-0.2, -0.15) is 0 Å². The van der Waals surface area contributed by atoms with Crippen molar-refractivity contribution in [2.75, 3.05) is 6.61 Å². The van der Waals surface area contributed by atoms with E-state index in [0.29, 0.717) is 12.4 Å². The number of ether oxygens (including phenoxy) is 2. The van der Waals surface area contributed by atoms with Crippen LogP contribution in [0.4, 0.5) is 0 Å². The van der Waals surface area contributed by atoms with Gasteiger partial charge in [0.1, 0.15) is 5.75 Å². The molecule has 4 heteroatoms. The van der Waals surface area contributed by atoms with Gasteiger partial charge in [-0.25, -0.2) is 4.79 Å². The molecule has 0 bridgehead atoms.